The lowest BCUT2D eigenvalue weighted by molar-refractivity contribution is 0.0683. The summed E-state index contributed by atoms with van der Waals surface area (Å²) in [4.78, 5) is 12.3. The van der Waals surface area contributed by atoms with Gasteiger partial charge in [0.15, 0.2) is 0 Å². The molecular weight excluding hydrogens is 312 g/mol. The molecule has 2 amide bonds. The molecule has 1 heterocycles. The smallest absolute Gasteiger partial charge is 0.319 e. The second kappa shape index (κ2) is 6.13. The summed E-state index contributed by atoms with van der Waals surface area (Å²) >= 11 is 5.85. The summed E-state index contributed by atoms with van der Waals surface area (Å²) in [5.74, 6) is 0.820. The highest BCUT2D eigenvalue weighted by Crippen LogP contribution is 2.39. The van der Waals surface area contributed by atoms with Crippen molar-refractivity contribution in [3.05, 3.63) is 59.1 Å². The number of halogens is 1. The highest BCUT2D eigenvalue weighted by Gasteiger charge is 2.34. The van der Waals surface area contributed by atoms with Gasteiger partial charge in [0.1, 0.15) is 11.4 Å². The first-order chi connectivity index (χ1) is 10.9. The van der Waals surface area contributed by atoms with Gasteiger partial charge in [-0.25, -0.2) is 4.79 Å². The van der Waals surface area contributed by atoms with Crippen molar-refractivity contribution in [2.24, 2.45) is 0 Å². The van der Waals surface area contributed by atoms with Crippen molar-refractivity contribution in [1.29, 1.82) is 0 Å². The standard InChI is InChI=1S/C18H19ClN2O2/c1-18(2)11-15(14-5-3-4-6-16(14)23-18)21-17(22)20-13-9-7-12(19)8-10-13/h3-10,15H,11H2,1-2H3,(H2,20,21,22)/t15-/m1/s1. The van der Waals surface area contributed by atoms with Crippen LogP contribution in [0, 0.1) is 0 Å². The van der Waals surface area contributed by atoms with E-state index >= 15 is 0 Å². The number of ether oxygens (including phenoxy) is 1. The number of carbonyl (C=O) groups is 1. The highest BCUT2D eigenvalue weighted by molar-refractivity contribution is 6.30. The number of carbonyl (C=O) groups excluding carboxylic acids is 1. The molecule has 0 saturated carbocycles. The molecule has 0 aliphatic carbocycles. The molecule has 120 valence electrons. The maximum atomic E-state index is 12.3. The Bertz CT molecular complexity index is 713. The van der Waals surface area contributed by atoms with Crippen LogP contribution in [0.15, 0.2) is 48.5 Å². The molecule has 4 nitrogen and oxygen atoms in total. The number of benzene rings is 2. The Morgan fingerprint density at radius 2 is 1.87 bits per heavy atom. The molecule has 0 saturated heterocycles. The van der Waals surface area contributed by atoms with Gasteiger partial charge in [0, 0.05) is 22.7 Å². The van der Waals surface area contributed by atoms with Crippen LogP contribution in [0.5, 0.6) is 5.75 Å². The highest BCUT2D eigenvalue weighted by atomic mass is 35.5. The molecule has 0 spiro atoms. The van der Waals surface area contributed by atoms with E-state index in [-0.39, 0.29) is 17.7 Å². The summed E-state index contributed by atoms with van der Waals surface area (Å²) in [7, 11) is 0. The number of amides is 2. The predicted octanol–water partition coefficient (Wildman–Crippen LogP) is 4.76. The number of hydrogen-bond donors (Lipinski definition) is 2. The van der Waals surface area contributed by atoms with E-state index in [4.69, 9.17) is 16.3 Å². The Kier molecular flexibility index (Phi) is 4.18. The van der Waals surface area contributed by atoms with Crippen molar-refractivity contribution in [3.63, 3.8) is 0 Å². The third-order valence-electron chi connectivity index (χ3n) is 3.78. The normalized spacial score (nSPS) is 18.5. The Hall–Kier alpha value is -2.20. The molecule has 0 radical (unpaired) electrons. The molecule has 0 aromatic heterocycles. The minimum atomic E-state index is -0.327. The lowest BCUT2D eigenvalue weighted by atomic mass is 9.90. The van der Waals surface area contributed by atoms with Gasteiger partial charge in [-0.1, -0.05) is 29.8 Å². The van der Waals surface area contributed by atoms with E-state index in [0.29, 0.717) is 17.1 Å². The summed E-state index contributed by atoms with van der Waals surface area (Å²) < 4.78 is 5.98. The quantitative estimate of drug-likeness (QED) is 0.833. The van der Waals surface area contributed by atoms with E-state index < -0.39 is 0 Å². The molecule has 23 heavy (non-hydrogen) atoms. The third kappa shape index (κ3) is 3.77. The number of nitrogens with one attached hydrogen (secondary N) is 2. The molecule has 1 aliphatic heterocycles. The summed E-state index contributed by atoms with van der Waals surface area (Å²) in [5.41, 5.74) is 1.37. The number of para-hydroxylation sites is 1. The minimum absolute atomic E-state index is 0.0951. The number of anilines is 1. The lowest BCUT2D eigenvalue weighted by Gasteiger charge is -2.37. The van der Waals surface area contributed by atoms with Gasteiger partial charge in [-0.2, -0.15) is 0 Å². The van der Waals surface area contributed by atoms with Crippen molar-refractivity contribution in [2.45, 2.75) is 31.9 Å². The minimum Gasteiger partial charge on any atom is -0.487 e. The SMILES string of the molecule is CC1(C)C[C@@H](NC(=O)Nc2ccc(Cl)cc2)c2ccccc2O1. The van der Waals surface area contributed by atoms with Gasteiger partial charge in [-0.05, 0) is 44.2 Å². The molecule has 0 fully saturated rings. The Balaban J connectivity index is 1.74. The topological polar surface area (TPSA) is 50.4 Å². The Morgan fingerprint density at radius 3 is 2.61 bits per heavy atom. The van der Waals surface area contributed by atoms with Crippen LogP contribution >= 0.6 is 11.6 Å². The van der Waals surface area contributed by atoms with Crippen molar-refractivity contribution >= 4 is 23.3 Å². The predicted molar refractivity (Wildman–Crippen MR) is 92.1 cm³/mol. The zero-order chi connectivity index (χ0) is 16.4. The molecule has 2 aromatic carbocycles. The number of fused-ring (bicyclic) bond motifs is 1. The summed E-state index contributed by atoms with van der Waals surface area (Å²) in [6.07, 6.45) is 0.706. The van der Waals surface area contributed by atoms with E-state index in [1.54, 1.807) is 24.3 Å². The van der Waals surface area contributed by atoms with Crippen molar-refractivity contribution < 1.29 is 9.53 Å². The monoisotopic (exact) mass is 330 g/mol. The van der Waals surface area contributed by atoms with Gasteiger partial charge in [0.2, 0.25) is 0 Å². The third-order valence-corrected chi connectivity index (χ3v) is 4.04. The Morgan fingerprint density at radius 1 is 1.17 bits per heavy atom. The first kappa shape index (κ1) is 15.7. The van der Waals surface area contributed by atoms with E-state index in [1.165, 1.54) is 0 Å². The zero-order valence-corrected chi connectivity index (χ0v) is 13.9. The van der Waals surface area contributed by atoms with Crippen molar-refractivity contribution in [2.75, 3.05) is 5.32 Å². The van der Waals surface area contributed by atoms with Crippen molar-refractivity contribution in [3.8, 4) is 5.75 Å². The van der Waals surface area contributed by atoms with Gasteiger partial charge in [0.05, 0.1) is 6.04 Å². The van der Waals surface area contributed by atoms with E-state index in [2.05, 4.69) is 10.6 Å². The maximum absolute atomic E-state index is 12.3. The average molecular weight is 331 g/mol. The van der Waals surface area contributed by atoms with Crippen LogP contribution in [-0.4, -0.2) is 11.6 Å². The fourth-order valence-corrected chi connectivity index (χ4v) is 2.92. The van der Waals surface area contributed by atoms with Gasteiger partial charge >= 0.3 is 6.03 Å². The molecule has 3 rings (SSSR count). The largest absolute Gasteiger partial charge is 0.487 e. The molecule has 5 heteroatoms. The van der Waals surface area contributed by atoms with E-state index in [9.17, 15) is 4.79 Å². The first-order valence-electron chi connectivity index (χ1n) is 7.54. The second-order valence-electron chi connectivity index (χ2n) is 6.26. The molecule has 1 atom stereocenters. The van der Waals surface area contributed by atoms with Gasteiger partial charge in [-0.3, -0.25) is 0 Å². The Labute approximate surface area is 140 Å². The number of hydrogen-bond acceptors (Lipinski definition) is 2. The molecule has 2 N–H and O–H groups in total. The molecule has 1 aliphatic rings. The van der Waals surface area contributed by atoms with Crippen LogP contribution in [0.4, 0.5) is 10.5 Å². The first-order valence-corrected chi connectivity index (χ1v) is 7.92. The summed E-state index contributed by atoms with van der Waals surface area (Å²) in [5, 5.41) is 6.49. The van der Waals surface area contributed by atoms with Crippen LogP contribution in [0.25, 0.3) is 0 Å². The molecule has 0 bridgehead atoms. The summed E-state index contributed by atoms with van der Waals surface area (Å²) in [6, 6.07) is 14.5. The fraction of sp³-hybridized carbons (Fsp3) is 0.278. The van der Waals surface area contributed by atoms with E-state index in [0.717, 1.165) is 11.3 Å². The van der Waals surface area contributed by atoms with E-state index in [1.807, 2.05) is 38.1 Å². The number of urea groups is 1. The van der Waals surface area contributed by atoms with Crippen LogP contribution in [-0.2, 0) is 0 Å². The van der Waals surface area contributed by atoms with Gasteiger partial charge in [0.25, 0.3) is 0 Å². The van der Waals surface area contributed by atoms with Crippen molar-refractivity contribution in [1.82, 2.24) is 5.32 Å². The molecule has 0 unspecified atom stereocenters. The van der Waals surface area contributed by atoms with Crippen LogP contribution in [0.1, 0.15) is 31.9 Å². The average Bonchev–Trinajstić information content (AvgIpc) is 2.48. The van der Waals surface area contributed by atoms with Gasteiger partial charge in [-0.15, -0.1) is 0 Å². The van der Waals surface area contributed by atoms with Gasteiger partial charge < -0.3 is 15.4 Å². The zero-order valence-electron chi connectivity index (χ0n) is 13.1. The van der Waals surface area contributed by atoms with Crippen LogP contribution in [0.2, 0.25) is 5.02 Å². The van der Waals surface area contributed by atoms with Crippen LogP contribution in [0.3, 0.4) is 0 Å². The molecular formula is C18H19ClN2O2. The van der Waals surface area contributed by atoms with Crippen LogP contribution < -0.4 is 15.4 Å². The maximum Gasteiger partial charge on any atom is 0.319 e. The summed E-state index contributed by atoms with van der Waals surface area (Å²) in [6.45, 7) is 4.05. The number of rotatable bonds is 2. The lowest BCUT2D eigenvalue weighted by Crippen LogP contribution is -2.42. The fourth-order valence-electron chi connectivity index (χ4n) is 2.79. The second-order valence-corrected chi connectivity index (χ2v) is 6.70. The molecule has 2 aromatic rings.